The zero-order valence-corrected chi connectivity index (χ0v) is 10.1. The van der Waals surface area contributed by atoms with E-state index in [2.05, 4.69) is 32.7 Å². The van der Waals surface area contributed by atoms with Gasteiger partial charge in [-0.25, -0.2) is 0 Å². The van der Waals surface area contributed by atoms with Gasteiger partial charge in [0.2, 0.25) is 0 Å². The molecule has 0 radical (unpaired) electrons. The van der Waals surface area contributed by atoms with Gasteiger partial charge in [-0.1, -0.05) is 27.7 Å². The van der Waals surface area contributed by atoms with E-state index in [1.165, 1.54) is 0 Å². The number of aromatic nitrogens is 1. The molecule has 1 heterocycles. The van der Waals surface area contributed by atoms with Crippen LogP contribution in [0.4, 0.5) is 0 Å². The standard InChI is InChI=1S/C13H21NO/c1-10(2)9-13(15,11(3)4)12-5-7-14-8-6-12/h5-8,10-11,15H,9H2,1-4H3. The molecule has 0 saturated carbocycles. The molecule has 0 aliphatic rings. The van der Waals surface area contributed by atoms with Gasteiger partial charge in [0.1, 0.15) is 0 Å². The molecule has 0 aromatic carbocycles. The van der Waals surface area contributed by atoms with Gasteiger partial charge in [0, 0.05) is 12.4 Å². The van der Waals surface area contributed by atoms with E-state index in [1.807, 2.05) is 12.1 Å². The van der Waals surface area contributed by atoms with Crippen LogP contribution >= 0.6 is 0 Å². The first-order chi connectivity index (χ1) is 6.97. The predicted molar refractivity (Wildman–Crippen MR) is 62.4 cm³/mol. The second kappa shape index (κ2) is 4.75. The van der Waals surface area contributed by atoms with Crippen LogP contribution in [0.2, 0.25) is 0 Å². The summed E-state index contributed by atoms with van der Waals surface area (Å²) in [4.78, 5) is 3.99. The molecule has 1 aromatic heterocycles. The molecule has 15 heavy (non-hydrogen) atoms. The molecule has 1 N–H and O–H groups in total. The number of pyridine rings is 1. The fourth-order valence-electron chi connectivity index (χ4n) is 1.95. The molecule has 0 amide bonds. The third-order valence-corrected chi connectivity index (χ3v) is 2.85. The topological polar surface area (TPSA) is 33.1 Å². The monoisotopic (exact) mass is 207 g/mol. The van der Waals surface area contributed by atoms with E-state index < -0.39 is 5.60 Å². The van der Waals surface area contributed by atoms with Gasteiger partial charge < -0.3 is 5.11 Å². The summed E-state index contributed by atoms with van der Waals surface area (Å²) in [5, 5.41) is 10.7. The highest BCUT2D eigenvalue weighted by molar-refractivity contribution is 5.20. The van der Waals surface area contributed by atoms with E-state index in [9.17, 15) is 5.11 Å². The highest BCUT2D eigenvalue weighted by Crippen LogP contribution is 2.35. The molecule has 2 nitrogen and oxygen atoms in total. The van der Waals surface area contributed by atoms with Gasteiger partial charge in [-0.3, -0.25) is 4.98 Å². The maximum absolute atomic E-state index is 10.7. The largest absolute Gasteiger partial charge is 0.385 e. The van der Waals surface area contributed by atoms with Crippen LogP contribution in [-0.2, 0) is 5.60 Å². The minimum absolute atomic E-state index is 0.210. The van der Waals surface area contributed by atoms with Crippen LogP contribution in [0.5, 0.6) is 0 Å². The Labute approximate surface area is 92.4 Å². The van der Waals surface area contributed by atoms with Crippen LogP contribution in [0.3, 0.4) is 0 Å². The lowest BCUT2D eigenvalue weighted by atomic mass is 9.78. The maximum Gasteiger partial charge on any atom is 0.0922 e. The van der Waals surface area contributed by atoms with Gasteiger partial charge in [-0.2, -0.15) is 0 Å². The Kier molecular flexibility index (Phi) is 3.86. The van der Waals surface area contributed by atoms with Crippen molar-refractivity contribution in [2.24, 2.45) is 11.8 Å². The lowest BCUT2D eigenvalue weighted by Gasteiger charge is -2.34. The van der Waals surface area contributed by atoms with Gasteiger partial charge in [0.05, 0.1) is 5.60 Å². The van der Waals surface area contributed by atoms with E-state index in [0.717, 1.165) is 12.0 Å². The minimum Gasteiger partial charge on any atom is -0.385 e. The van der Waals surface area contributed by atoms with Crippen molar-refractivity contribution in [2.75, 3.05) is 0 Å². The van der Waals surface area contributed by atoms with Crippen molar-refractivity contribution in [3.05, 3.63) is 30.1 Å². The number of nitrogens with zero attached hydrogens (tertiary/aromatic N) is 1. The first-order valence-corrected chi connectivity index (χ1v) is 5.59. The van der Waals surface area contributed by atoms with E-state index >= 15 is 0 Å². The fraction of sp³-hybridized carbons (Fsp3) is 0.615. The van der Waals surface area contributed by atoms with Gasteiger partial charge in [-0.15, -0.1) is 0 Å². The Hall–Kier alpha value is -0.890. The molecule has 0 aliphatic carbocycles. The van der Waals surface area contributed by atoms with Crippen molar-refractivity contribution in [3.8, 4) is 0 Å². The minimum atomic E-state index is -0.725. The summed E-state index contributed by atoms with van der Waals surface area (Å²) in [6.45, 7) is 8.38. The van der Waals surface area contributed by atoms with E-state index in [4.69, 9.17) is 0 Å². The molecular weight excluding hydrogens is 186 g/mol. The van der Waals surface area contributed by atoms with Crippen molar-refractivity contribution in [1.82, 2.24) is 4.98 Å². The zero-order valence-electron chi connectivity index (χ0n) is 10.1. The molecule has 1 aromatic rings. The Morgan fingerprint density at radius 2 is 1.73 bits per heavy atom. The summed E-state index contributed by atoms with van der Waals surface area (Å²) in [6.07, 6.45) is 4.26. The van der Waals surface area contributed by atoms with Crippen LogP contribution in [0.15, 0.2) is 24.5 Å². The highest BCUT2D eigenvalue weighted by atomic mass is 16.3. The van der Waals surface area contributed by atoms with Gasteiger partial charge in [0.15, 0.2) is 0 Å². The first-order valence-electron chi connectivity index (χ1n) is 5.59. The Bertz CT molecular complexity index is 295. The van der Waals surface area contributed by atoms with Crippen LogP contribution in [-0.4, -0.2) is 10.1 Å². The zero-order chi connectivity index (χ0) is 11.5. The molecule has 0 spiro atoms. The van der Waals surface area contributed by atoms with Gasteiger partial charge in [-0.05, 0) is 36.0 Å². The van der Waals surface area contributed by atoms with E-state index in [0.29, 0.717) is 5.92 Å². The summed E-state index contributed by atoms with van der Waals surface area (Å²) < 4.78 is 0. The third-order valence-electron chi connectivity index (χ3n) is 2.85. The summed E-state index contributed by atoms with van der Waals surface area (Å²) in [6, 6.07) is 3.81. The molecule has 84 valence electrons. The first kappa shape index (κ1) is 12.2. The lowest BCUT2D eigenvalue weighted by Crippen LogP contribution is -2.33. The summed E-state index contributed by atoms with van der Waals surface area (Å²) in [5.74, 6) is 0.688. The average Bonchev–Trinajstić information content (AvgIpc) is 2.17. The van der Waals surface area contributed by atoms with Crippen LogP contribution < -0.4 is 0 Å². The molecule has 0 aliphatic heterocycles. The van der Waals surface area contributed by atoms with E-state index in [1.54, 1.807) is 12.4 Å². The molecule has 2 heteroatoms. The van der Waals surface area contributed by atoms with Crippen LogP contribution in [0.25, 0.3) is 0 Å². The Morgan fingerprint density at radius 1 is 1.20 bits per heavy atom. The van der Waals surface area contributed by atoms with Crippen molar-refractivity contribution in [2.45, 2.75) is 39.7 Å². The fourth-order valence-corrected chi connectivity index (χ4v) is 1.95. The Balaban J connectivity index is 3.02. The molecule has 1 atom stereocenters. The highest BCUT2D eigenvalue weighted by Gasteiger charge is 2.33. The van der Waals surface area contributed by atoms with Crippen molar-refractivity contribution in [3.63, 3.8) is 0 Å². The SMILES string of the molecule is CC(C)CC(O)(c1ccncc1)C(C)C. The smallest absolute Gasteiger partial charge is 0.0922 e. The van der Waals surface area contributed by atoms with Crippen molar-refractivity contribution < 1.29 is 5.11 Å². The normalized spacial score (nSPS) is 15.7. The molecule has 0 saturated heterocycles. The van der Waals surface area contributed by atoms with E-state index in [-0.39, 0.29) is 5.92 Å². The molecule has 1 rings (SSSR count). The average molecular weight is 207 g/mol. The molecule has 1 unspecified atom stereocenters. The third kappa shape index (κ3) is 2.78. The van der Waals surface area contributed by atoms with Crippen molar-refractivity contribution in [1.29, 1.82) is 0 Å². The maximum atomic E-state index is 10.7. The van der Waals surface area contributed by atoms with Gasteiger partial charge in [0.25, 0.3) is 0 Å². The second-order valence-electron chi connectivity index (χ2n) is 4.91. The second-order valence-corrected chi connectivity index (χ2v) is 4.91. The number of rotatable bonds is 4. The lowest BCUT2D eigenvalue weighted by molar-refractivity contribution is -0.0290. The number of hydrogen-bond acceptors (Lipinski definition) is 2. The van der Waals surface area contributed by atoms with Crippen molar-refractivity contribution >= 4 is 0 Å². The van der Waals surface area contributed by atoms with Gasteiger partial charge >= 0.3 is 0 Å². The van der Waals surface area contributed by atoms with Crippen LogP contribution in [0, 0.1) is 11.8 Å². The molecule has 0 fully saturated rings. The summed E-state index contributed by atoms with van der Waals surface area (Å²) in [7, 11) is 0. The predicted octanol–water partition coefficient (Wildman–Crippen LogP) is 2.97. The number of aliphatic hydroxyl groups is 1. The molecule has 0 bridgehead atoms. The quantitative estimate of drug-likeness (QED) is 0.823. The Morgan fingerprint density at radius 3 is 2.13 bits per heavy atom. The summed E-state index contributed by atoms with van der Waals surface area (Å²) in [5.41, 5.74) is 0.248. The van der Waals surface area contributed by atoms with Crippen LogP contribution in [0.1, 0.15) is 39.7 Å². The molecular formula is C13H21NO. The summed E-state index contributed by atoms with van der Waals surface area (Å²) >= 11 is 0. The number of hydrogen-bond donors (Lipinski definition) is 1.